The first-order valence-corrected chi connectivity index (χ1v) is 8.70. The average molecular weight is 416 g/mol. The number of imidazole rings is 1. The van der Waals surface area contributed by atoms with Crippen molar-refractivity contribution in [3.8, 4) is 22.8 Å². The summed E-state index contributed by atoms with van der Waals surface area (Å²) in [4.78, 5) is 8.13. The number of rotatable bonds is 6. The van der Waals surface area contributed by atoms with E-state index in [0.29, 0.717) is 18.0 Å². The summed E-state index contributed by atoms with van der Waals surface area (Å²) in [5.74, 6) is 0.141. The molecule has 0 unspecified atom stereocenters. The number of hydrogen-bond donors (Lipinski definition) is 1. The fourth-order valence-corrected chi connectivity index (χ4v) is 2.87. The summed E-state index contributed by atoms with van der Waals surface area (Å²) in [6, 6.07) is 7.79. The molecule has 3 heterocycles. The Morgan fingerprint density at radius 3 is 2.70 bits per heavy atom. The summed E-state index contributed by atoms with van der Waals surface area (Å²) >= 11 is 0. The van der Waals surface area contributed by atoms with Crippen molar-refractivity contribution in [2.75, 3.05) is 12.4 Å². The molecule has 0 aliphatic rings. The number of hydrogen-bond acceptors (Lipinski definition) is 7. The maximum Gasteiger partial charge on any atom is 0.573 e. The van der Waals surface area contributed by atoms with Gasteiger partial charge in [-0.3, -0.25) is 9.38 Å². The third-order valence-electron chi connectivity index (χ3n) is 4.20. The lowest BCUT2D eigenvalue weighted by Gasteiger charge is -2.15. The average Bonchev–Trinajstić information content (AvgIpc) is 3.22. The summed E-state index contributed by atoms with van der Waals surface area (Å²) in [7, 11) is 1.35. The van der Waals surface area contributed by atoms with E-state index in [-0.39, 0.29) is 17.0 Å². The number of benzene rings is 1. The predicted octanol–water partition coefficient (Wildman–Crippen LogP) is 3.71. The van der Waals surface area contributed by atoms with E-state index in [2.05, 4.69) is 30.2 Å². The van der Waals surface area contributed by atoms with Gasteiger partial charge in [0.05, 0.1) is 18.8 Å². The molecule has 4 aromatic rings. The monoisotopic (exact) mass is 416 g/mol. The molecule has 0 bridgehead atoms. The van der Waals surface area contributed by atoms with Crippen molar-refractivity contribution in [2.45, 2.75) is 12.9 Å². The first-order chi connectivity index (χ1) is 14.4. The van der Waals surface area contributed by atoms with Crippen LogP contribution >= 0.6 is 0 Å². The smallest absolute Gasteiger partial charge is 0.497 e. The van der Waals surface area contributed by atoms with E-state index in [1.54, 1.807) is 16.8 Å². The number of methoxy groups -OCH3 is 1. The minimum atomic E-state index is -4.88. The van der Waals surface area contributed by atoms with Crippen LogP contribution in [0.3, 0.4) is 0 Å². The lowest BCUT2D eigenvalue weighted by molar-refractivity contribution is -0.274. The van der Waals surface area contributed by atoms with Gasteiger partial charge in [-0.15, -0.1) is 23.4 Å². The van der Waals surface area contributed by atoms with Crippen molar-refractivity contribution in [1.29, 1.82) is 0 Å². The molecule has 0 radical (unpaired) electrons. The molecule has 0 aliphatic heterocycles. The summed E-state index contributed by atoms with van der Waals surface area (Å²) in [6.45, 7) is 0.431. The fraction of sp³-hybridized carbons (Fsp3) is 0.158. The normalized spacial score (nSPS) is 11.5. The van der Waals surface area contributed by atoms with Gasteiger partial charge in [-0.2, -0.15) is 0 Å². The van der Waals surface area contributed by atoms with Gasteiger partial charge in [0.1, 0.15) is 23.5 Å². The highest BCUT2D eigenvalue weighted by atomic mass is 19.4. The van der Waals surface area contributed by atoms with E-state index >= 15 is 0 Å². The minimum Gasteiger partial charge on any atom is -0.497 e. The molecule has 30 heavy (non-hydrogen) atoms. The van der Waals surface area contributed by atoms with Crippen LogP contribution in [0.25, 0.3) is 16.8 Å². The number of nitrogens with one attached hydrogen (secondary N) is 1. The zero-order valence-electron chi connectivity index (χ0n) is 15.6. The lowest BCUT2D eigenvalue weighted by atomic mass is 10.1. The van der Waals surface area contributed by atoms with Crippen molar-refractivity contribution in [3.05, 3.63) is 60.8 Å². The maximum atomic E-state index is 12.9. The zero-order valence-corrected chi connectivity index (χ0v) is 15.6. The summed E-state index contributed by atoms with van der Waals surface area (Å²) in [6.07, 6.45) is 1.48. The van der Waals surface area contributed by atoms with Crippen molar-refractivity contribution in [3.63, 3.8) is 0 Å². The van der Waals surface area contributed by atoms with Crippen molar-refractivity contribution in [2.24, 2.45) is 0 Å². The van der Waals surface area contributed by atoms with Crippen LogP contribution in [0, 0.1) is 0 Å². The van der Waals surface area contributed by atoms with Gasteiger partial charge < -0.3 is 14.8 Å². The molecule has 1 N–H and O–H groups in total. The molecule has 0 fully saturated rings. The first kappa shape index (κ1) is 19.4. The molecule has 0 atom stereocenters. The van der Waals surface area contributed by atoms with E-state index in [4.69, 9.17) is 4.74 Å². The second-order valence-electron chi connectivity index (χ2n) is 6.15. The van der Waals surface area contributed by atoms with Crippen molar-refractivity contribution >= 4 is 11.5 Å². The van der Waals surface area contributed by atoms with Gasteiger partial charge in [0.25, 0.3) is 0 Å². The second kappa shape index (κ2) is 7.85. The Bertz CT molecular complexity index is 1160. The molecule has 0 spiro atoms. The number of ether oxygens (including phenoxy) is 2. The van der Waals surface area contributed by atoms with E-state index in [0.717, 1.165) is 11.6 Å². The molecule has 11 heteroatoms. The van der Waals surface area contributed by atoms with Gasteiger partial charge in [-0.25, -0.2) is 4.98 Å². The Morgan fingerprint density at radius 1 is 1.10 bits per heavy atom. The van der Waals surface area contributed by atoms with Gasteiger partial charge in [0.15, 0.2) is 0 Å². The topological polar surface area (TPSA) is 86.5 Å². The fourth-order valence-electron chi connectivity index (χ4n) is 2.87. The van der Waals surface area contributed by atoms with Crippen LogP contribution in [0.4, 0.5) is 19.1 Å². The molecule has 4 rings (SSSR count). The maximum absolute atomic E-state index is 12.9. The largest absolute Gasteiger partial charge is 0.573 e. The Hall–Kier alpha value is -3.89. The van der Waals surface area contributed by atoms with E-state index in [1.807, 2.05) is 12.1 Å². The first-order valence-electron chi connectivity index (χ1n) is 8.70. The molecule has 0 aliphatic carbocycles. The third kappa shape index (κ3) is 4.09. The van der Waals surface area contributed by atoms with Gasteiger partial charge >= 0.3 is 6.36 Å². The molecule has 154 valence electrons. The molecular weight excluding hydrogens is 401 g/mol. The van der Waals surface area contributed by atoms with Crippen LogP contribution in [-0.2, 0) is 6.54 Å². The minimum absolute atomic E-state index is 0.102. The Morgan fingerprint density at radius 2 is 1.97 bits per heavy atom. The number of anilines is 1. The number of fused-ring (bicyclic) bond motifs is 1. The highest BCUT2D eigenvalue weighted by molar-refractivity contribution is 5.81. The molecule has 0 amide bonds. The van der Waals surface area contributed by atoms with E-state index in [9.17, 15) is 13.2 Å². The highest BCUT2D eigenvalue weighted by Crippen LogP contribution is 2.37. The zero-order chi connectivity index (χ0) is 21.1. The lowest BCUT2D eigenvalue weighted by Crippen LogP contribution is -2.18. The third-order valence-corrected chi connectivity index (χ3v) is 4.20. The van der Waals surface area contributed by atoms with Crippen LogP contribution in [0.5, 0.6) is 11.5 Å². The Kier molecular flexibility index (Phi) is 5.09. The van der Waals surface area contributed by atoms with Crippen molar-refractivity contribution < 1.29 is 22.6 Å². The van der Waals surface area contributed by atoms with Crippen LogP contribution in [0.2, 0.25) is 0 Å². The van der Waals surface area contributed by atoms with Crippen LogP contribution in [-0.4, -0.2) is 38.0 Å². The number of halogens is 3. The molecule has 3 aromatic heterocycles. The van der Waals surface area contributed by atoms with Crippen molar-refractivity contribution in [1.82, 2.24) is 24.6 Å². The molecule has 0 saturated heterocycles. The van der Waals surface area contributed by atoms with Gasteiger partial charge in [0.2, 0.25) is 5.95 Å². The van der Waals surface area contributed by atoms with Gasteiger partial charge in [-0.05, 0) is 23.8 Å². The number of alkyl halides is 3. The highest BCUT2D eigenvalue weighted by Gasteiger charge is 2.33. The van der Waals surface area contributed by atoms with Crippen LogP contribution in [0.1, 0.15) is 5.56 Å². The molecular formula is C19H15F3N6O2. The Labute approximate surface area is 168 Å². The van der Waals surface area contributed by atoms with Crippen LogP contribution < -0.4 is 14.8 Å². The summed E-state index contributed by atoms with van der Waals surface area (Å²) < 4.78 is 49.6. The molecule has 8 nitrogen and oxygen atoms in total. The second-order valence-corrected chi connectivity index (χ2v) is 6.15. The SMILES string of the molecule is COc1ccc(-c2nnc(NCc3cccnc3)n3cncc23)c(OC(F)(F)F)c1. The molecule has 0 saturated carbocycles. The number of nitrogens with zero attached hydrogens (tertiary/aromatic N) is 5. The van der Waals surface area contributed by atoms with Crippen LogP contribution in [0.15, 0.2) is 55.2 Å². The molecule has 1 aromatic carbocycles. The predicted molar refractivity (Wildman–Crippen MR) is 101 cm³/mol. The van der Waals surface area contributed by atoms with Gasteiger partial charge in [0, 0.05) is 30.6 Å². The van der Waals surface area contributed by atoms with E-state index in [1.165, 1.54) is 31.8 Å². The quantitative estimate of drug-likeness (QED) is 0.513. The summed E-state index contributed by atoms with van der Waals surface area (Å²) in [5.41, 5.74) is 1.66. The number of aromatic nitrogens is 5. The van der Waals surface area contributed by atoms with Gasteiger partial charge in [-0.1, -0.05) is 6.07 Å². The van der Waals surface area contributed by atoms with E-state index < -0.39 is 12.1 Å². The standard InChI is InChI=1S/C19H15F3N6O2/c1-29-13-4-5-14(16(7-13)30-19(20,21)22)17-15-10-24-11-28(15)18(27-26-17)25-9-12-3-2-6-23-8-12/h2-8,10-11H,9H2,1H3,(H,25,27). The summed E-state index contributed by atoms with van der Waals surface area (Å²) in [5, 5.41) is 11.4. The number of pyridine rings is 1. The Balaban J connectivity index is 1.73.